The molecule has 0 radical (unpaired) electrons. The molecule has 1 aliphatic heterocycles. The van der Waals surface area contributed by atoms with E-state index in [1.165, 1.54) is 0 Å². The van der Waals surface area contributed by atoms with Crippen molar-refractivity contribution < 1.29 is 9.90 Å². The van der Waals surface area contributed by atoms with Gasteiger partial charge in [0.05, 0.1) is 11.6 Å². The fourth-order valence-corrected chi connectivity index (χ4v) is 2.15. The summed E-state index contributed by atoms with van der Waals surface area (Å²) in [5.41, 5.74) is 5.20. The van der Waals surface area contributed by atoms with Crippen LogP contribution in [0.4, 0.5) is 0 Å². The average molecular weight is 228 g/mol. The zero-order valence-electron chi connectivity index (χ0n) is 10.4. The van der Waals surface area contributed by atoms with Crippen LogP contribution < -0.4 is 5.73 Å². The van der Waals surface area contributed by atoms with Gasteiger partial charge in [-0.1, -0.05) is 13.3 Å². The van der Waals surface area contributed by atoms with Crippen molar-refractivity contribution in [1.29, 1.82) is 0 Å². The molecule has 2 atom stereocenters. The molecule has 0 bridgehead atoms. The van der Waals surface area contributed by atoms with Gasteiger partial charge in [0.25, 0.3) is 0 Å². The van der Waals surface area contributed by atoms with E-state index in [0.717, 1.165) is 32.2 Å². The van der Waals surface area contributed by atoms with Crippen molar-refractivity contribution >= 4 is 5.91 Å². The Hall–Kier alpha value is -0.610. The van der Waals surface area contributed by atoms with Crippen LogP contribution in [-0.2, 0) is 4.79 Å². The first kappa shape index (κ1) is 13.5. The fourth-order valence-electron chi connectivity index (χ4n) is 2.15. The summed E-state index contributed by atoms with van der Waals surface area (Å²) in [6.07, 6.45) is 3.94. The normalized spacial score (nSPS) is 28.6. The Morgan fingerprint density at radius 1 is 1.50 bits per heavy atom. The first-order valence-corrected chi connectivity index (χ1v) is 6.23. The minimum Gasteiger partial charge on any atom is -0.390 e. The van der Waals surface area contributed by atoms with Gasteiger partial charge in [0.2, 0.25) is 5.91 Å². The first-order valence-electron chi connectivity index (χ1n) is 6.23. The number of nitrogens with two attached hydrogens (primary N) is 1. The van der Waals surface area contributed by atoms with Crippen molar-refractivity contribution in [2.75, 3.05) is 13.1 Å². The summed E-state index contributed by atoms with van der Waals surface area (Å²) in [6.45, 7) is 5.23. The lowest BCUT2D eigenvalue weighted by Crippen LogP contribution is -2.44. The van der Waals surface area contributed by atoms with Crippen molar-refractivity contribution in [2.45, 2.75) is 57.6 Å². The average Bonchev–Trinajstić information content (AvgIpc) is 2.39. The molecule has 0 aliphatic carbocycles. The second-order valence-electron chi connectivity index (χ2n) is 5.07. The summed E-state index contributed by atoms with van der Waals surface area (Å²) >= 11 is 0. The third-order valence-corrected chi connectivity index (χ3v) is 3.29. The lowest BCUT2D eigenvalue weighted by molar-refractivity contribution is -0.132. The van der Waals surface area contributed by atoms with E-state index >= 15 is 0 Å². The van der Waals surface area contributed by atoms with Gasteiger partial charge in [0, 0.05) is 13.1 Å². The lowest BCUT2D eigenvalue weighted by Gasteiger charge is -2.25. The van der Waals surface area contributed by atoms with Crippen LogP contribution in [0.1, 0.15) is 46.0 Å². The minimum absolute atomic E-state index is 0.0413. The van der Waals surface area contributed by atoms with Crippen LogP contribution in [0, 0.1) is 0 Å². The number of carbonyl (C=O) groups excluding carboxylic acids is 1. The summed E-state index contributed by atoms with van der Waals surface area (Å²) in [5, 5.41) is 9.93. The molecule has 1 saturated heterocycles. The predicted molar refractivity (Wildman–Crippen MR) is 63.9 cm³/mol. The molecular formula is C12H24N2O2. The number of carbonyl (C=O) groups is 1. The van der Waals surface area contributed by atoms with Gasteiger partial charge in [-0.3, -0.25) is 4.79 Å². The second kappa shape index (κ2) is 5.64. The van der Waals surface area contributed by atoms with E-state index in [1.807, 2.05) is 18.7 Å². The number of aliphatic hydroxyl groups is 1. The molecule has 1 rings (SSSR count). The van der Waals surface area contributed by atoms with E-state index in [0.29, 0.717) is 13.0 Å². The van der Waals surface area contributed by atoms with Gasteiger partial charge < -0.3 is 15.7 Å². The van der Waals surface area contributed by atoms with Gasteiger partial charge in [-0.25, -0.2) is 0 Å². The lowest BCUT2D eigenvalue weighted by atomic mass is 9.98. The minimum atomic E-state index is -0.621. The largest absolute Gasteiger partial charge is 0.390 e. The number of amides is 1. The number of hydrogen-bond donors (Lipinski definition) is 2. The van der Waals surface area contributed by atoms with Crippen molar-refractivity contribution in [3.8, 4) is 0 Å². The zero-order chi connectivity index (χ0) is 12.2. The Balaban J connectivity index is 2.51. The van der Waals surface area contributed by atoms with E-state index in [4.69, 9.17) is 5.73 Å². The third-order valence-electron chi connectivity index (χ3n) is 3.29. The third kappa shape index (κ3) is 3.76. The van der Waals surface area contributed by atoms with Crippen molar-refractivity contribution in [3.05, 3.63) is 0 Å². The number of nitrogens with zero attached hydrogens (tertiary/aromatic N) is 1. The van der Waals surface area contributed by atoms with E-state index < -0.39 is 5.60 Å². The van der Waals surface area contributed by atoms with Crippen LogP contribution in [0.2, 0.25) is 0 Å². The highest BCUT2D eigenvalue weighted by Gasteiger charge is 2.28. The number of likely N-dealkylation sites (tertiary alicyclic amines) is 1. The molecule has 0 aromatic rings. The molecule has 0 aromatic heterocycles. The van der Waals surface area contributed by atoms with E-state index in [1.54, 1.807) is 0 Å². The van der Waals surface area contributed by atoms with Gasteiger partial charge >= 0.3 is 0 Å². The number of rotatable bonds is 3. The molecule has 1 heterocycles. The van der Waals surface area contributed by atoms with Crippen LogP contribution in [0.5, 0.6) is 0 Å². The SMILES string of the molecule is CCC[C@@H](N)C(=O)N1CCCC(C)(O)CC1. The van der Waals surface area contributed by atoms with E-state index in [2.05, 4.69) is 0 Å². The highest BCUT2D eigenvalue weighted by molar-refractivity contribution is 5.81. The molecule has 4 heteroatoms. The monoisotopic (exact) mass is 228 g/mol. The molecule has 16 heavy (non-hydrogen) atoms. The molecule has 0 aromatic carbocycles. The molecule has 4 nitrogen and oxygen atoms in total. The Kier molecular flexibility index (Phi) is 4.74. The van der Waals surface area contributed by atoms with Gasteiger partial charge in [-0.2, -0.15) is 0 Å². The summed E-state index contributed by atoms with van der Waals surface area (Å²) in [4.78, 5) is 13.8. The highest BCUT2D eigenvalue weighted by Crippen LogP contribution is 2.21. The molecule has 3 N–H and O–H groups in total. The molecule has 1 aliphatic rings. The maximum absolute atomic E-state index is 12.0. The standard InChI is InChI=1S/C12H24N2O2/c1-3-5-10(13)11(15)14-8-4-6-12(2,16)7-9-14/h10,16H,3-9,13H2,1-2H3/t10-,12?/m1/s1. The fraction of sp³-hybridized carbons (Fsp3) is 0.917. The van der Waals surface area contributed by atoms with Crippen LogP contribution in [0.15, 0.2) is 0 Å². The molecule has 0 spiro atoms. The van der Waals surface area contributed by atoms with Gasteiger partial charge in [0.15, 0.2) is 0 Å². The van der Waals surface area contributed by atoms with Crippen molar-refractivity contribution in [2.24, 2.45) is 5.73 Å². The molecule has 1 amide bonds. The smallest absolute Gasteiger partial charge is 0.239 e. The Morgan fingerprint density at radius 2 is 2.19 bits per heavy atom. The second-order valence-corrected chi connectivity index (χ2v) is 5.07. The van der Waals surface area contributed by atoms with Crippen LogP contribution >= 0.6 is 0 Å². The molecule has 0 saturated carbocycles. The Bertz CT molecular complexity index is 241. The summed E-state index contributed by atoms with van der Waals surface area (Å²) in [5.74, 6) is 0.0413. The molecule has 1 unspecified atom stereocenters. The summed E-state index contributed by atoms with van der Waals surface area (Å²) in [6, 6.07) is -0.368. The molecule has 94 valence electrons. The number of hydrogen-bond acceptors (Lipinski definition) is 3. The first-order chi connectivity index (χ1) is 7.46. The molecular weight excluding hydrogens is 204 g/mol. The van der Waals surface area contributed by atoms with E-state index in [9.17, 15) is 9.90 Å². The quantitative estimate of drug-likeness (QED) is 0.753. The predicted octanol–water partition coefficient (Wildman–Crippen LogP) is 0.877. The zero-order valence-corrected chi connectivity index (χ0v) is 10.4. The van der Waals surface area contributed by atoms with Crippen LogP contribution in [0.25, 0.3) is 0 Å². The van der Waals surface area contributed by atoms with Crippen LogP contribution in [0.3, 0.4) is 0 Å². The maximum atomic E-state index is 12.0. The Morgan fingerprint density at radius 3 is 2.81 bits per heavy atom. The van der Waals surface area contributed by atoms with Gasteiger partial charge in [-0.05, 0) is 32.6 Å². The van der Waals surface area contributed by atoms with Crippen LogP contribution in [-0.4, -0.2) is 40.6 Å². The summed E-state index contributed by atoms with van der Waals surface area (Å²) in [7, 11) is 0. The van der Waals surface area contributed by atoms with Gasteiger partial charge in [0.1, 0.15) is 0 Å². The van der Waals surface area contributed by atoms with E-state index in [-0.39, 0.29) is 11.9 Å². The Labute approximate surface area is 97.8 Å². The van der Waals surface area contributed by atoms with Gasteiger partial charge in [-0.15, -0.1) is 0 Å². The van der Waals surface area contributed by atoms with Crippen molar-refractivity contribution in [1.82, 2.24) is 4.90 Å². The molecule has 1 fully saturated rings. The van der Waals surface area contributed by atoms with Crippen molar-refractivity contribution in [3.63, 3.8) is 0 Å². The summed E-state index contributed by atoms with van der Waals surface area (Å²) < 4.78 is 0. The highest BCUT2D eigenvalue weighted by atomic mass is 16.3. The topological polar surface area (TPSA) is 66.6 Å². The maximum Gasteiger partial charge on any atom is 0.239 e.